The Morgan fingerprint density at radius 3 is 2.92 bits per heavy atom. The lowest BCUT2D eigenvalue weighted by molar-refractivity contribution is 0.419. The lowest BCUT2D eigenvalue weighted by atomic mass is 10.0. The summed E-state index contributed by atoms with van der Waals surface area (Å²) in [7, 11) is 0. The second-order valence-corrected chi connectivity index (χ2v) is 3.86. The topological polar surface area (TPSA) is 55.0 Å². The number of aryl methyl sites for hydroxylation is 1. The molecule has 1 fully saturated rings. The number of hydrogen-bond donors (Lipinski definition) is 1. The van der Waals surface area contributed by atoms with E-state index in [1.807, 2.05) is 6.92 Å². The summed E-state index contributed by atoms with van der Waals surface area (Å²) in [6, 6.07) is 0. The van der Waals surface area contributed by atoms with Gasteiger partial charge in [0.25, 0.3) is 0 Å². The molecular weight excluding hydrogens is 172 g/mol. The van der Waals surface area contributed by atoms with E-state index < -0.39 is 0 Å². The predicted molar refractivity (Wildman–Crippen MR) is 49.4 cm³/mol. The van der Waals surface area contributed by atoms with Gasteiger partial charge < -0.3 is 10.6 Å². The first-order valence-corrected chi connectivity index (χ1v) is 4.82. The highest BCUT2D eigenvalue weighted by Crippen LogP contribution is 2.24. The zero-order valence-corrected chi connectivity index (χ0v) is 7.84. The van der Waals surface area contributed by atoms with Crippen LogP contribution in [0.3, 0.4) is 0 Å². The van der Waals surface area contributed by atoms with E-state index in [0.717, 1.165) is 30.6 Å². The van der Waals surface area contributed by atoms with E-state index in [0.29, 0.717) is 5.92 Å². The van der Waals surface area contributed by atoms with E-state index in [4.69, 9.17) is 5.73 Å². The van der Waals surface area contributed by atoms with Crippen LogP contribution in [0.4, 0.5) is 5.13 Å². The number of nitrogens with zero attached hydrogens (tertiary/aromatic N) is 3. The maximum Gasteiger partial charge on any atom is 0.205 e. The van der Waals surface area contributed by atoms with Gasteiger partial charge in [-0.2, -0.15) is 4.37 Å². The van der Waals surface area contributed by atoms with E-state index in [1.165, 1.54) is 11.5 Å². The van der Waals surface area contributed by atoms with Gasteiger partial charge in [0.1, 0.15) is 5.82 Å². The average Bonchev–Trinajstić information content (AvgIpc) is 2.34. The standard InChI is InChI=1S/C7H12N4S/c1-5-9-7(12-10-5)11-3-6(2-8)4-11/h6H,2-4,8H2,1H3. The third kappa shape index (κ3) is 1.30. The Hall–Kier alpha value is -0.680. The molecule has 1 aliphatic rings. The fourth-order valence-corrected chi connectivity index (χ4v) is 1.98. The fraction of sp³-hybridized carbons (Fsp3) is 0.714. The zero-order valence-electron chi connectivity index (χ0n) is 7.03. The van der Waals surface area contributed by atoms with Crippen LogP contribution in [0.25, 0.3) is 0 Å². The smallest absolute Gasteiger partial charge is 0.205 e. The van der Waals surface area contributed by atoms with Gasteiger partial charge in [-0.05, 0) is 13.5 Å². The summed E-state index contributed by atoms with van der Waals surface area (Å²) in [5, 5.41) is 1.04. The van der Waals surface area contributed by atoms with Crippen molar-refractivity contribution in [3.05, 3.63) is 5.82 Å². The zero-order chi connectivity index (χ0) is 8.55. The molecule has 0 radical (unpaired) electrons. The largest absolute Gasteiger partial charge is 0.346 e. The van der Waals surface area contributed by atoms with Crippen LogP contribution >= 0.6 is 11.5 Å². The molecule has 2 heterocycles. The highest BCUT2D eigenvalue weighted by Gasteiger charge is 2.27. The molecule has 0 atom stereocenters. The van der Waals surface area contributed by atoms with Crippen LogP contribution in [0.15, 0.2) is 0 Å². The molecule has 0 unspecified atom stereocenters. The Kier molecular flexibility index (Phi) is 1.98. The maximum atomic E-state index is 5.52. The highest BCUT2D eigenvalue weighted by atomic mass is 32.1. The Morgan fingerprint density at radius 1 is 1.67 bits per heavy atom. The summed E-state index contributed by atoms with van der Waals surface area (Å²) in [5.41, 5.74) is 5.52. The van der Waals surface area contributed by atoms with E-state index >= 15 is 0 Å². The summed E-state index contributed by atoms with van der Waals surface area (Å²) in [6.45, 7) is 4.80. The first-order chi connectivity index (χ1) is 5.79. The van der Waals surface area contributed by atoms with E-state index in [2.05, 4.69) is 14.3 Å². The lowest BCUT2D eigenvalue weighted by Gasteiger charge is -2.38. The van der Waals surface area contributed by atoms with Crippen LogP contribution in [-0.2, 0) is 0 Å². The molecule has 1 saturated heterocycles. The molecule has 1 aliphatic heterocycles. The number of nitrogens with two attached hydrogens (primary N) is 1. The Labute approximate surface area is 75.6 Å². The first kappa shape index (κ1) is 7.94. The second kappa shape index (κ2) is 2.99. The third-order valence-electron chi connectivity index (χ3n) is 2.08. The third-order valence-corrected chi connectivity index (χ3v) is 2.95. The van der Waals surface area contributed by atoms with Crippen molar-refractivity contribution < 1.29 is 0 Å². The molecule has 5 heteroatoms. The Morgan fingerprint density at radius 2 is 2.42 bits per heavy atom. The summed E-state index contributed by atoms with van der Waals surface area (Å²) < 4.78 is 4.13. The van der Waals surface area contributed by atoms with Gasteiger partial charge in [-0.25, -0.2) is 4.98 Å². The monoisotopic (exact) mass is 184 g/mol. The lowest BCUT2D eigenvalue weighted by Crippen LogP contribution is -2.49. The van der Waals surface area contributed by atoms with Crippen LogP contribution in [-0.4, -0.2) is 29.0 Å². The second-order valence-electron chi connectivity index (χ2n) is 3.13. The molecule has 1 aromatic rings. The van der Waals surface area contributed by atoms with Crippen molar-refractivity contribution in [2.45, 2.75) is 6.92 Å². The molecule has 4 nitrogen and oxygen atoms in total. The van der Waals surface area contributed by atoms with Crippen molar-refractivity contribution in [3.63, 3.8) is 0 Å². The minimum atomic E-state index is 0.661. The summed E-state index contributed by atoms with van der Waals surface area (Å²) in [6.07, 6.45) is 0. The molecule has 2 rings (SSSR count). The Bertz CT molecular complexity index is 266. The number of rotatable bonds is 2. The van der Waals surface area contributed by atoms with E-state index in [1.54, 1.807) is 0 Å². The predicted octanol–water partition coefficient (Wildman–Crippen LogP) is 0.241. The number of anilines is 1. The van der Waals surface area contributed by atoms with Gasteiger partial charge in [-0.1, -0.05) is 0 Å². The fourth-order valence-electron chi connectivity index (χ4n) is 1.29. The van der Waals surface area contributed by atoms with Crippen molar-refractivity contribution in [3.8, 4) is 0 Å². The van der Waals surface area contributed by atoms with Gasteiger partial charge in [-0.3, -0.25) is 0 Å². The molecular formula is C7H12N4S. The quantitative estimate of drug-likeness (QED) is 0.715. The molecule has 2 N–H and O–H groups in total. The van der Waals surface area contributed by atoms with Crippen molar-refractivity contribution in [1.82, 2.24) is 9.36 Å². The van der Waals surface area contributed by atoms with Crippen molar-refractivity contribution in [2.24, 2.45) is 11.7 Å². The van der Waals surface area contributed by atoms with Crippen LogP contribution < -0.4 is 10.6 Å². The summed E-state index contributed by atoms with van der Waals surface area (Å²) in [4.78, 5) is 6.52. The number of aromatic nitrogens is 2. The summed E-state index contributed by atoms with van der Waals surface area (Å²) >= 11 is 1.47. The molecule has 0 aliphatic carbocycles. The average molecular weight is 184 g/mol. The van der Waals surface area contributed by atoms with Gasteiger partial charge in [0.15, 0.2) is 0 Å². The molecule has 12 heavy (non-hydrogen) atoms. The minimum Gasteiger partial charge on any atom is -0.346 e. The van der Waals surface area contributed by atoms with Gasteiger partial charge in [-0.15, -0.1) is 0 Å². The minimum absolute atomic E-state index is 0.661. The van der Waals surface area contributed by atoms with Gasteiger partial charge in [0, 0.05) is 30.5 Å². The van der Waals surface area contributed by atoms with Crippen LogP contribution in [0.1, 0.15) is 5.82 Å². The summed E-state index contributed by atoms with van der Waals surface area (Å²) in [5.74, 6) is 1.53. The maximum absolute atomic E-state index is 5.52. The Balaban J connectivity index is 1.96. The van der Waals surface area contributed by atoms with Crippen LogP contribution in [0, 0.1) is 12.8 Å². The first-order valence-electron chi connectivity index (χ1n) is 4.05. The molecule has 66 valence electrons. The molecule has 0 bridgehead atoms. The molecule has 1 aromatic heterocycles. The van der Waals surface area contributed by atoms with Crippen molar-refractivity contribution in [1.29, 1.82) is 0 Å². The molecule has 0 aromatic carbocycles. The molecule has 0 amide bonds. The van der Waals surface area contributed by atoms with Gasteiger partial charge in [0.2, 0.25) is 5.13 Å². The number of hydrogen-bond acceptors (Lipinski definition) is 5. The van der Waals surface area contributed by atoms with Crippen molar-refractivity contribution >= 4 is 16.7 Å². The van der Waals surface area contributed by atoms with Crippen molar-refractivity contribution in [2.75, 3.05) is 24.5 Å². The van der Waals surface area contributed by atoms with Gasteiger partial charge in [0.05, 0.1) is 0 Å². The van der Waals surface area contributed by atoms with E-state index in [-0.39, 0.29) is 0 Å². The molecule has 0 saturated carbocycles. The normalized spacial score (nSPS) is 18.0. The molecule has 0 spiro atoms. The van der Waals surface area contributed by atoms with Gasteiger partial charge >= 0.3 is 0 Å². The van der Waals surface area contributed by atoms with E-state index in [9.17, 15) is 0 Å². The van der Waals surface area contributed by atoms with Crippen LogP contribution in [0.5, 0.6) is 0 Å². The highest BCUT2D eigenvalue weighted by molar-refractivity contribution is 7.09. The van der Waals surface area contributed by atoms with Crippen LogP contribution in [0.2, 0.25) is 0 Å². The SMILES string of the molecule is Cc1nsc(N2CC(CN)C2)n1.